The van der Waals surface area contributed by atoms with Crippen LogP contribution in [0, 0.1) is 11.3 Å². The van der Waals surface area contributed by atoms with Crippen LogP contribution >= 0.6 is 0 Å². The highest BCUT2D eigenvalue weighted by Crippen LogP contribution is 2.46. The van der Waals surface area contributed by atoms with Gasteiger partial charge in [0.1, 0.15) is 0 Å². The molecule has 1 saturated carbocycles. The number of rotatable bonds is 4. The number of alkyl halides is 3. The zero-order valence-electron chi connectivity index (χ0n) is 11.0. The molecule has 1 aliphatic heterocycles. The lowest BCUT2D eigenvalue weighted by Gasteiger charge is -2.34. The number of nitrogens with zero attached hydrogens (tertiary/aromatic N) is 1. The number of carboxylic acids is 1. The monoisotopic (exact) mass is 279 g/mol. The predicted octanol–water partition coefficient (Wildman–Crippen LogP) is 2.90. The highest BCUT2D eigenvalue weighted by Gasteiger charge is 2.63. The summed E-state index contributed by atoms with van der Waals surface area (Å²) in [6.07, 6.45) is -0.611. The van der Waals surface area contributed by atoms with Crippen LogP contribution in [-0.2, 0) is 4.79 Å². The molecule has 0 amide bonds. The van der Waals surface area contributed by atoms with Crippen molar-refractivity contribution in [3.8, 4) is 0 Å². The molecule has 1 saturated heterocycles. The Morgan fingerprint density at radius 1 is 1.47 bits per heavy atom. The maximum Gasteiger partial charge on any atom is 0.406 e. The molecule has 0 bridgehead atoms. The van der Waals surface area contributed by atoms with Crippen molar-refractivity contribution in [1.82, 2.24) is 4.90 Å². The summed E-state index contributed by atoms with van der Waals surface area (Å²) < 4.78 is 39.1. The zero-order valence-corrected chi connectivity index (χ0v) is 11.0. The lowest BCUT2D eigenvalue weighted by Crippen LogP contribution is -2.48. The van der Waals surface area contributed by atoms with Crippen molar-refractivity contribution < 1.29 is 23.1 Å². The highest BCUT2D eigenvalue weighted by atomic mass is 19.4. The number of carbonyl (C=O) groups is 1. The molecule has 2 fully saturated rings. The summed E-state index contributed by atoms with van der Waals surface area (Å²) in [5.41, 5.74) is -2.57. The van der Waals surface area contributed by atoms with Gasteiger partial charge in [-0.3, -0.25) is 9.69 Å². The molecule has 19 heavy (non-hydrogen) atoms. The van der Waals surface area contributed by atoms with E-state index >= 15 is 0 Å². The van der Waals surface area contributed by atoms with Crippen molar-refractivity contribution in [3.05, 3.63) is 0 Å². The molecule has 2 rings (SSSR count). The summed E-state index contributed by atoms with van der Waals surface area (Å²) in [6, 6.07) is 0.0360. The van der Waals surface area contributed by atoms with E-state index in [1.165, 1.54) is 6.42 Å². The standard InChI is InChI=1S/C13H20F3NO2/c1-9(7-10-3-2-4-10)17-6-5-12(8-17,11(18)19)13(14,15)16/h9-10H,2-8H2,1H3,(H,18,19). The Balaban J connectivity index is 2.01. The first-order chi connectivity index (χ1) is 8.76. The Kier molecular flexibility index (Phi) is 3.82. The van der Waals surface area contributed by atoms with Crippen LogP contribution in [0.25, 0.3) is 0 Å². The van der Waals surface area contributed by atoms with Crippen LogP contribution in [-0.4, -0.2) is 41.3 Å². The summed E-state index contributed by atoms with van der Waals surface area (Å²) in [4.78, 5) is 12.8. The van der Waals surface area contributed by atoms with Gasteiger partial charge in [-0.25, -0.2) is 0 Å². The first kappa shape index (κ1) is 14.6. The first-order valence-corrected chi connectivity index (χ1v) is 6.80. The smallest absolute Gasteiger partial charge is 0.406 e. The van der Waals surface area contributed by atoms with Gasteiger partial charge in [0.15, 0.2) is 5.41 Å². The fourth-order valence-corrected chi connectivity index (χ4v) is 3.10. The number of hydrogen-bond donors (Lipinski definition) is 1. The lowest BCUT2D eigenvalue weighted by atomic mass is 9.81. The van der Waals surface area contributed by atoms with Crippen molar-refractivity contribution in [3.63, 3.8) is 0 Å². The Labute approximate surface area is 110 Å². The fourth-order valence-electron chi connectivity index (χ4n) is 3.10. The molecule has 0 aromatic heterocycles. The van der Waals surface area contributed by atoms with Gasteiger partial charge in [0.2, 0.25) is 0 Å². The van der Waals surface area contributed by atoms with E-state index in [2.05, 4.69) is 0 Å². The van der Waals surface area contributed by atoms with E-state index < -0.39 is 24.1 Å². The van der Waals surface area contributed by atoms with Gasteiger partial charge in [0.05, 0.1) is 0 Å². The van der Waals surface area contributed by atoms with Gasteiger partial charge >= 0.3 is 12.1 Å². The topological polar surface area (TPSA) is 40.5 Å². The number of hydrogen-bond acceptors (Lipinski definition) is 2. The van der Waals surface area contributed by atoms with Crippen molar-refractivity contribution in [1.29, 1.82) is 0 Å². The average molecular weight is 279 g/mol. The van der Waals surface area contributed by atoms with E-state index in [0.29, 0.717) is 5.92 Å². The second-order valence-electron chi connectivity index (χ2n) is 5.99. The van der Waals surface area contributed by atoms with Gasteiger partial charge in [-0.05, 0) is 32.2 Å². The van der Waals surface area contributed by atoms with E-state index in [9.17, 15) is 18.0 Å². The minimum atomic E-state index is -4.68. The first-order valence-electron chi connectivity index (χ1n) is 6.80. The molecule has 6 heteroatoms. The minimum absolute atomic E-state index is 0.0360. The Morgan fingerprint density at radius 3 is 2.47 bits per heavy atom. The molecule has 1 heterocycles. The number of carboxylic acid groups (broad SMARTS) is 1. The van der Waals surface area contributed by atoms with E-state index in [4.69, 9.17) is 5.11 Å². The summed E-state index contributed by atoms with van der Waals surface area (Å²) >= 11 is 0. The molecular formula is C13H20F3NO2. The van der Waals surface area contributed by atoms with Gasteiger partial charge in [-0.15, -0.1) is 0 Å². The SMILES string of the molecule is CC(CC1CCC1)N1CCC(C(=O)O)(C(F)(F)F)C1. The van der Waals surface area contributed by atoms with Crippen LogP contribution in [0.4, 0.5) is 13.2 Å². The third-order valence-electron chi connectivity index (χ3n) is 4.77. The molecule has 2 atom stereocenters. The summed E-state index contributed by atoms with van der Waals surface area (Å²) in [5, 5.41) is 8.99. The lowest BCUT2D eigenvalue weighted by molar-refractivity contribution is -0.227. The third kappa shape index (κ3) is 2.59. The zero-order chi connectivity index (χ0) is 14.3. The van der Waals surface area contributed by atoms with Gasteiger partial charge in [-0.2, -0.15) is 13.2 Å². The molecule has 1 aliphatic carbocycles. The maximum absolute atomic E-state index is 13.0. The highest BCUT2D eigenvalue weighted by molar-refractivity contribution is 5.76. The third-order valence-corrected chi connectivity index (χ3v) is 4.77. The van der Waals surface area contributed by atoms with Crippen molar-refractivity contribution >= 4 is 5.97 Å². The Hall–Kier alpha value is -0.780. The largest absolute Gasteiger partial charge is 0.481 e. The van der Waals surface area contributed by atoms with E-state index in [0.717, 1.165) is 19.3 Å². The quantitative estimate of drug-likeness (QED) is 0.860. The van der Waals surface area contributed by atoms with Gasteiger partial charge in [-0.1, -0.05) is 19.3 Å². The molecule has 110 valence electrons. The number of halogens is 3. The fraction of sp³-hybridized carbons (Fsp3) is 0.923. The van der Waals surface area contributed by atoms with Crippen LogP contribution < -0.4 is 0 Å². The van der Waals surface area contributed by atoms with E-state index in [1.54, 1.807) is 4.90 Å². The molecule has 2 aliphatic rings. The molecule has 0 aromatic carbocycles. The Bertz CT molecular complexity index is 354. The molecule has 2 unspecified atom stereocenters. The van der Waals surface area contributed by atoms with Gasteiger partial charge < -0.3 is 5.11 Å². The normalized spacial score (nSPS) is 31.2. The molecular weight excluding hydrogens is 259 g/mol. The van der Waals surface area contributed by atoms with Crippen molar-refractivity contribution in [2.45, 2.75) is 51.2 Å². The second-order valence-corrected chi connectivity index (χ2v) is 5.99. The van der Waals surface area contributed by atoms with E-state index in [1.807, 2.05) is 6.92 Å². The van der Waals surface area contributed by atoms with Gasteiger partial charge in [0, 0.05) is 12.6 Å². The Morgan fingerprint density at radius 2 is 2.11 bits per heavy atom. The maximum atomic E-state index is 13.0. The minimum Gasteiger partial charge on any atom is -0.481 e. The molecule has 3 nitrogen and oxygen atoms in total. The predicted molar refractivity (Wildman–Crippen MR) is 63.7 cm³/mol. The second kappa shape index (κ2) is 4.96. The van der Waals surface area contributed by atoms with Crippen molar-refractivity contribution in [2.75, 3.05) is 13.1 Å². The number of likely N-dealkylation sites (tertiary alicyclic amines) is 1. The molecule has 0 spiro atoms. The van der Waals surface area contributed by atoms with Crippen molar-refractivity contribution in [2.24, 2.45) is 11.3 Å². The van der Waals surface area contributed by atoms with Gasteiger partial charge in [0.25, 0.3) is 0 Å². The van der Waals surface area contributed by atoms with Crippen LogP contribution in [0.2, 0.25) is 0 Å². The summed E-state index contributed by atoms with van der Waals surface area (Å²) in [7, 11) is 0. The average Bonchev–Trinajstić information content (AvgIpc) is 2.68. The summed E-state index contributed by atoms with van der Waals surface area (Å²) in [5.74, 6) is -1.13. The van der Waals surface area contributed by atoms with Crippen LogP contribution in [0.15, 0.2) is 0 Å². The van der Waals surface area contributed by atoms with Crippen LogP contribution in [0.1, 0.15) is 39.0 Å². The summed E-state index contributed by atoms with van der Waals surface area (Å²) in [6.45, 7) is 1.73. The number of aliphatic carboxylic acids is 1. The molecule has 0 aromatic rings. The molecule has 0 radical (unpaired) electrons. The van der Waals surface area contributed by atoms with E-state index in [-0.39, 0.29) is 19.0 Å². The van der Waals surface area contributed by atoms with Crippen LogP contribution in [0.5, 0.6) is 0 Å². The molecule has 1 N–H and O–H groups in total. The van der Waals surface area contributed by atoms with Crippen LogP contribution in [0.3, 0.4) is 0 Å².